The SMILES string of the molecule is CCOc1c(Cl)cc(C(=O)N[C@H]2CCS(=O)(=O)C2)cc1OC. The van der Waals surface area contributed by atoms with E-state index in [2.05, 4.69) is 5.32 Å². The van der Waals surface area contributed by atoms with E-state index in [1.807, 2.05) is 6.92 Å². The lowest BCUT2D eigenvalue weighted by Crippen LogP contribution is -2.35. The van der Waals surface area contributed by atoms with Crippen molar-refractivity contribution in [2.24, 2.45) is 0 Å². The van der Waals surface area contributed by atoms with E-state index in [0.29, 0.717) is 30.1 Å². The summed E-state index contributed by atoms with van der Waals surface area (Å²) in [6.45, 7) is 2.23. The zero-order valence-electron chi connectivity index (χ0n) is 12.4. The average Bonchev–Trinajstić information content (AvgIpc) is 2.79. The molecule has 1 aromatic rings. The molecule has 1 aliphatic rings. The van der Waals surface area contributed by atoms with Gasteiger partial charge in [-0.25, -0.2) is 8.42 Å². The third-order valence-corrected chi connectivity index (χ3v) is 5.40. The predicted molar refractivity (Wildman–Crippen MR) is 83.7 cm³/mol. The van der Waals surface area contributed by atoms with Crippen molar-refractivity contribution >= 4 is 27.3 Å². The first-order chi connectivity index (χ1) is 10.4. The van der Waals surface area contributed by atoms with E-state index in [1.165, 1.54) is 19.2 Å². The summed E-state index contributed by atoms with van der Waals surface area (Å²) in [5.41, 5.74) is 0.301. The van der Waals surface area contributed by atoms with Crippen LogP contribution in [0.2, 0.25) is 5.02 Å². The third-order valence-electron chi connectivity index (χ3n) is 3.35. The molecule has 1 aliphatic heterocycles. The number of methoxy groups -OCH3 is 1. The predicted octanol–water partition coefficient (Wildman–Crippen LogP) is 1.66. The lowest BCUT2D eigenvalue weighted by atomic mass is 10.1. The summed E-state index contributed by atoms with van der Waals surface area (Å²) in [4.78, 5) is 12.2. The summed E-state index contributed by atoms with van der Waals surface area (Å²) in [7, 11) is -1.59. The number of benzene rings is 1. The van der Waals surface area contributed by atoms with Gasteiger partial charge in [0.2, 0.25) is 0 Å². The van der Waals surface area contributed by atoms with E-state index in [9.17, 15) is 13.2 Å². The minimum atomic E-state index is -3.04. The molecule has 1 aromatic carbocycles. The van der Waals surface area contributed by atoms with E-state index in [1.54, 1.807) is 0 Å². The Morgan fingerprint density at radius 1 is 1.45 bits per heavy atom. The van der Waals surface area contributed by atoms with Crippen LogP contribution in [0.3, 0.4) is 0 Å². The molecule has 2 rings (SSSR count). The number of nitrogens with one attached hydrogen (secondary N) is 1. The summed E-state index contributed by atoms with van der Waals surface area (Å²) in [6, 6.07) is 2.64. The van der Waals surface area contributed by atoms with Crippen LogP contribution < -0.4 is 14.8 Å². The van der Waals surface area contributed by atoms with Crippen molar-refractivity contribution in [1.29, 1.82) is 0 Å². The molecule has 1 heterocycles. The maximum Gasteiger partial charge on any atom is 0.251 e. The fourth-order valence-corrected chi connectivity index (χ4v) is 4.25. The van der Waals surface area contributed by atoms with Crippen molar-refractivity contribution in [2.45, 2.75) is 19.4 Å². The van der Waals surface area contributed by atoms with Crippen LogP contribution in [0, 0.1) is 0 Å². The summed E-state index contributed by atoms with van der Waals surface area (Å²) in [6.07, 6.45) is 0.427. The van der Waals surface area contributed by atoms with Gasteiger partial charge in [0.05, 0.1) is 30.2 Å². The molecule has 1 saturated heterocycles. The lowest BCUT2D eigenvalue weighted by Gasteiger charge is -2.15. The van der Waals surface area contributed by atoms with E-state index < -0.39 is 9.84 Å². The first-order valence-electron chi connectivity index (χ1n) is 6.88. The summed E-state index contributed by atoms with van der Waals surface area (Å²) in [5.74, 6) is 0.432. The van der Waals surface area contributed by atoms with Crippen LogP contribution in [0.1, 0.15) is 23.7 Å². The summed E-state index contributed by atoms with van der Waals surface area (Å²) < 4.78 is 33.4. The second kappa shape index (κ2) is 6.75. The Bertz CT molecular complexity index is 674. The van der Waals surface area contributed by atoms with Crippen molar-refractivity contribution in [3.8, 4) is 11.5 Å². The highest BCUT2D eigenvalue weighted by atomic mass is 35.5. The van der Waals surface area contributed by atoms with Crippen molar-refractivity contribution in [3.63, 3.8) is 0 Å². The van der Waals surface area contributed by atoms with Gasteiger partial charge in [0, 0.05) is 11.6 Å². The number of carbonyl (C=O) groups is 1. The number of sulfone groups is 1. The molecule has 0 unspecified atom stereocenters. The maximum atomic E-state index is 12.2. The molecule has 1 N–H and O–H groups in total. The minimum Gasteiger partial charge on any atom is -0.493 e. The molecule has 6 nitrogen and oxygen atoms in total. The molecular weight excluding hydrogens is 330 g/mol. The van der Waals surface area contributed by atoms with Gasteiger partial charge in [0.1, 0.15) is 0 Å². The number of rotatable bonds is 5. The zero-order valence-corrected chi connectivity index (χ0v) is 14.0. The van der Waals surface area contributed by atoms with Crippen LogP contribution in [0.5, 0.6) is 11.5 Å². The van der Waals surface area contributed by atoms with Crippen molar-refractivity contribution in [1.82, 2.24) is 5.32 Å². The number of hydrogen-bond acceptors (Lipinski definition) is 5. The number of carbonyl (C=O) groups excluding carboxylic acids is 1. The fourth-order valence-electron chi connectivity index (χ4n) is 2.31. The van der Waals surface area contributed by atoms with Crippen LogP contribution in [0.15, 0.2) is 12.1 Å². The Balaban J connectivity index is 2.18. The summed E-state index contributed by atoms with van der Waals surface area (Å²) >= 11 is 6.12. The number of ether oxygens (including phenoxy) is 2. The van der Waals surface area contributed by atoms with Crippen LogP contribution >= 0.6 is 11.6 Å². The minimum absolute atomic E-state index is 0.0271. The molecule has 0 bridgehead atoms. The smallest absolute Gasteiger partial charge is 0.251 e. The zero-order chi connectivity index (χ0) is 16.3. The van der Waals surface area contributed by atoms with E-state index in [-0.39, 0.29) is 28.5 Å². The first-order valence-corrected chi connectivity index (χ1v) is 9.08. The fraction of sp³-hybridized carbons (Fsp3) is 0.500. The number of hydrogen-bond donors (Lipinski definition) is 1. The molecule has 22 heavy (non-hydrogen) atoms. The van der Waals surface area contributed by atoms with Crippen LogP contribution in [-0.2, 0) is 9.84 Å². The van der Waals surface area contributed by atoms with Gasteiger partial charge in [-0.2, -0.15) is 0 Å². The van der Waals surface area contributed by atoms with Gasteiger partial charge < -0.3 is 14.8 Å². The Morgan fingerprint density at radius 2 is 2.18 bits per heavy atom. The second-order valence-corrected chi connectivity index (χ2v) is 7.63. The molecule has 0 radical (unpaired) electrons. The third kappa shape index (κ3) is 3.84. The average molecular weight is 348 g/mol. The van der Waals surface area contributed by atoms with E-state index in [0.717, 1.165) is 0 Å². The molecule has 1 fully saturated rings. The largest absolute Gasteiger partial charge is 0.493 e. The topological polar surface area (TPSA) is 81.7 Å². The molecule has 0 aliphatic carbocycles. The highest BCUT2D eigenvalue weighted by Crippen LogP contribution is 2.36. The normalized spacial score (nSPS) is 19.7. The monoisotopic (exact) mass is 347 g/mol. The van der Waals surface area contributed by atoms with Gasteiger partial charge in [-0.15, -0.1) is 0 Å². The molecule has 0 saturated carbocycles. The molecule has 122 valence electrons. The van der Waals surface area contributed by atoms with Crippen molar-refractivity contribution in [3.05, 3.63) is 22.7 Å². The van der Waals surface area contributed by atoms with Crippen LogP contribution in [0.4, 0.5) is 0 Å². The molecule has 1 amide bonds. The first kappa shape index (κ1) is 16.9. The molecule has 1 atom stereocenters. The van der Waals surface area contributed by atoms with Gasteiger partial charge in [-0.3, -0.25) is 4.79 Å². The standard InChI is InChI=1S/C14H18ClNO5S/c1-3-21-13-11(15)6-9(7-12(13)20-2)14(17)16-10-4-5-22(18,19)8-10/h6-7,10H,3-5,8H2,1-2H3,(H,16,17)/t10-/m0/s1. The highest BCUT2D eigenvalue weighted by molar-refractivity contribution is 7.91. The van der Waals surface area contributed by atoms with E-state index >= 15 is 0 Å². The quantitative estimate of drug-likeness (QED) is 0.876. The summed E-state index contributed by atoms with van der Waals surface area (Å²) in [5, 5.41) is 2.98. The van der Waals surface area contributed by atoms with E-state index in [4.69, 9.17) is 21.1 Å². The maximum absolute atomic E-state index is 12.2. The van der Waals surface area contributed by atoms with Gasteiger partial charge in [0.15, 0.2) is 21.3 Å². The van der Waals surface area contributed by atoms with Crippen LogP contribution in [-0.4, -0.2) is 45.6 Å². The molecular formula is C14H18ClNO5S. The lowest BCUT2D eigenvalue weighted by molar-refractivity contribution is 0.0940. The van der Waals surface area contributed by atoms with Gasteiger partial charge >= 0.3 is 0 Å². The Labute approximate surface area is 134 Å². The van der Waals surface area contributed by atoms with Crippen molar-refractivity contribution in [2.75, 3.05) is 25.2 Å². The second-order valence-electron chi connectivity index (χ2n) is 5.00. The number of halogens is 1. The van der Waals surface area contributed by atoms with Crippen molar-refractivity contribution < 1.29 is 22.7 Å². The van der Waals surface area contributed by atoms with Crippen LogP contribution in [0.25, 0.3) is 0 Å². The Kier molecular flexibility index (Phi) is 5.18. The van der Waals surface area contributed by atoms with Gasteiger partial charge in [-0.1, -0.05) is 11.6 Å². The van der Waals surface area contributed by atoms with Gasteiger partial charge in [-0.05, 0) is 25.5 Å². The van der Waals surface area contributed by atoms with Gasteiger partial charge in [0.25, 0.3) is 5.91 Å². The number of amides is 1. The highest BCUT2D eigenvalue weighted by Gasteiger charge is 2.29. The Hall–Kier alpha value is -1.47. The molecule has 8 heteroatoms. The molecule has 0 spiro atoms. The molecule has 0 aromatic heterocycles. The Morgan fingerprint density at radius 3 is 2.73 bits per heavy atom.